The first kappa shape index (κ1) is 14.8. The second-order valence-corrected chi connectivity index (χ2v) is 5.17. The molecular weight excluding hydrogens is 250 g/mol. The van der Waals surface area contributed by atoms with Crippen molar-refractivity contribution in [2.75, 3.05) is 5.32 Å². The van der Waals surface area contributed by atoms with Gasteiger partial charge in [-0.1, -0.05) is 43.9 Å². The Balaban J connectivity index is 2.76. The zero-order chi connectivity index (χ0) is 13.6. The third-order valence-electron chi connectivity index (χ3n) is 3.00. The van der Waals surface area contributed by atoms with Crippen molar-refractivity contribution in [3.8, 4) is 0 Å². The summed E-state index contributed by atoms with van der Waals surface area (Å²) in [5.41, 5.74) is -0.205. The van der Waals surface area contributed by atoms with Crippen LogP contribution in [0.4, 0.5) is 5.69 Å². The minimum absolute atomic E-state index is 0.598. The lowest BCUT2D eigenvalue weighted by atomic mass is 9.94. The van der Waals surface area contributed by atoms with Crippen molar-refractivity contribution in [3.05, 3.63) is 29.3 Å². The fourth-order valence-electron chi connectivity index (χ4n) is 1.84. The number of halogens is 1. The van der Waals surface area contributed by atoms with Gasteiger partial charge < -0.3 is 10.4 Å². The number of hydrogen-bond acceptors (Lipinski definition) is 2. The molecule has 1 atom stereocenters. The van der Waals surface area contributed by atoms with Crippen molar-refractivity contribution in [1.29, 1.82) is 0 Å². The van der Waals surface area contributed by atoms with E-state index >= 15 is 0 Å². The Morgan fingerprint density at radius 2 is 2.17 bits per heavy atom. The minimum Gasteiger partial charge on any atom is -0.480 e. The topological polar surface area (TPSA) is 49.3 Å². The summed E-state index contributed by atoms with van der Waals surface area (Å²) in [5.74, 6) is -0.835. The molecule has 100 valence electrons. The van der Waals surface area contributed by atoms with E-state index in [2.05, 4.69) is 12.2 Å². The number of rotatable bonds is 7. The summed E-state index contributed by atoms with van der Waals surface area (Å²) in [5, 5.41) is 13.0. The van der Waals surface area contributed by atoms with Gasteiger partial charge in [0.05, 0.1) is 0 Å². The number of unbranched alkanes of at least 4 members (excludes halogenated alkanes) is 2. The quantitative estimate of drug-likeness (QED) is 0.730. The van der Waals surface area contributed by atoms with Crippen LogP contribution >= 0.6 is 11.6 Å². The van der Waals surface area contributed by atoms with E-state index in [0.29, 0.717) is 11.4 Å². The largest absolute Gasteiger partial charge is 0.480 e. The average Bonchev–Trinajstić information content (AvgIpc) is 2.29. The van der Waals surface area contributed by atoms with Gasteiger partial charge in [0, 0.05) is 10.7 Å². The lowest BCUT2D eigenvalue weighted by molar-refractivity contribution is -0.142. The molecule has 0 fully saturated rings. The van der Waals surface area contributed by atoms with E-state index in [4.69, 9.17) is 11.6 Å². The molecule has 1 unspecified atom stereocenters. The molecule has 0 bridgehead atoms. The number of benzene rings is 1. The SMILES string of the molecule is CCCCCC(C)(Nc1cccc(Cl)c1)C(=O)O. The number of nitrogens with one attached hydrogen (secondary N) is 1. The maximum absolute atomic E-state index is 11.4. The second kappa shape index (κ2) is 6.64. The van der Waals surface area contributed by atoms with Crippen LogP contribution in [0.3, 0.4) is 0 Å². The first-order valence-corrected chi connectivity index (χ1v) is 6.63. The summed E-state index contributed by atoms with van der Waals surface area (Å²) >= 11 is 5.89. The molecule has 3 nitrogen and oxygen atoms in total. The van der Waals surface area contributed by atoms with Gasteiger partial charge in [-0.2, -0.15) is 0 Å². The molecule has 0 aliphatic heterocycles. The number of hydrogen-bond donors (Lipinski definition) is 2. The molecule has 0 saturated carbocycles. The van der Waals surface area contributed by atoms with E-state index < -0.39 is 11.5 Å². The molecule has 0 amide bonds. The van der Waals surface area contributed by atoms with Crippen molar-refractivity contribution in [2.24, 2.45) is 0 Å². The molecule has 4 heteroatoms. The Bertz CT molecular complexity index is 409. The molecule has 0 aliphatic rings. The third kappa shape index (κ3) is 4.22. The Morgan fingerprint density at radius 1 is 1.44 bits per heavy atom. The molecule has 18 heavy (non-hydrogen) atoms. The van der Waals surface area contributed by atoms with Crippen LogP contribution in [0.2, 0.25) is 5.02 Å². The monoisotopic (exact) mass is 269 g/mol. The van der Waals surface area contributed by atoms with Gasteiger partial charge in [-0.3, -0.25) is 0 Å². The summed E-state index contributed by atoms with van der Waals surface area (Å²) in [6, 6.07) is 7.14. The van der Waals surface area contributed by atoms with Crippen LogP contribution in [0, 0.1) is 0 Å². The van der Waals surface area contributed by atoms with E-state index in [1.807, 2.05) is 6.07 Å². The molecule has 0 aliphatic carbocycles. The van der Waals surface area contributed by atoms with Crippen LogP contribution < -0.4 is 5.32 Å². The van der Waals surface area contributed by atoms with Crippen molar-refractivity contribution >= 4 is 23.3 Å². The highest BCUT2D eigenvalue weighted by Gasteiger charge is 2.32. The fraction of sp³-hybridized carbons (Fsp3) is 0.500. The Morgan fingerprint density at radius 3 is 2.72 bits per heavy atom. The van der Waals surface area contributed by atoms with E-state index in [1.54, 1.807) is 25.1 Å². The molecule has 1 rings (SSSR count). The molecular formula is C14H20ClNO2. The van der Waals surface area contributed by atoms with Crippen molar-refractivity contribution in [3.63, 3.8) is 0 Å². The highest BCUT2D eigenvalue weighted by Crippen LogP contribution is 2.23. The van der Waals surface area contributed by atoms with Crippen LogP contribution in [0.25, 0.3) is 0 Å². The molecule has 1 aromatic carbocycles. The Hall–Kier alpha value is -1.22. The molecule has 1 aromatic rings. The number of carboxylic acid groups (broad SMARTS) is 1. The first-order chi connectivity index (χ1) is 8.48. The van der Waals surface area contributed by atoms with Gasteiger partial charge >= 0.3 is 5.97 Å². The third-order valence-corrected chi connectivity index (χ3v) is 3.23. The van der Waals surface area contributed by atoms with E-state index in [0.717, 1.165) is 24.9 Å². The van der Waals surface area contributed by atoms with E-state index in [-0.39, 0.29) is 0 Å². The maximum atomic E-state index is 11.4. The summed E-state index contributed by atoms with van der Waals surface area (Å²) in [7, 11) is 0. The Labute approximate surface area is 113 Å². The van der Waals surface area contributed by atoms with Gasteiger partial charge in [-0.25, -0.2) is 4.79 Å². The zero-order valence-electron chi connectivity index (χ0n) is 10.9. The molecule has 0 radical (unpaired) electrons. The van der Waals surface area contributed by atoms with Gasteiger partial charge in [0.2, 0.25) is 0 Å². The predicted octanol–water partition coefficient (Wildman–Crippen LogP) is 4.18. The second-order valence-electron chi connectivity index (χ2n) is 4.73. The van der Waals surface area contributed by atoms with E-state index in [9.17, 15) is 9.90 Å². The lowest BCUT2D eigenvalue weighted by Gasteiger charge is -2.27. The summed E-state index contributed by atoms with van der Waals surface area (Å²) in [4.78, 5) is 11.4. The van der Waals surface area contributed by atoms with Gasteiger partial charge in [0.1, 0.15) is 5.54 Å². The van der Waals surface area contributed by atoms with Crippen LogP contribution in [0.15, 0.2) is 24.3 Å². The number of carboxylic acids is 1. The summed E-state index contributed by atoms with van der Waals surface area (Å²) < 4.78 is 0. The van der Waals surface area contributed by atoms with Crippen molar-refractivity contribution < 1.29 is 9.90 Å². The number of anilines is 1. The van der Waals surface area contributed by atoms with Crippen LogP contribution in [-0.2, 0) is 4.79 Å². The lowest BCUT2D eigenvalue weighted by Crippen LogP contribution is -2.43. The van der Waals surface area contributed by atoms with E-state index in [1.165, 1.54) is 0 Å². The van der Waals surface area contributed by atoms with Gasteiger partial charge in [-0.15, -0.1) is 0 Å². The van der Waals surface area contributed by atoms with Gasteiger partial charge in [-0.05, 0) is 31.5 Å². The minimum atomic E-state index is -0.945. The standard InChI is InChI=1S/C14H20ClNO2/c1-3-4-5-9-14(2,13(17)18)16-12-8-6-7-11(15)10-12/h6-8,10,16H,3-5,9H2,1-2H3,(H,17,18). The highest BCUT2D eigenvalue weighted by atomic mass is 35.5. The molecule has 0 heterocycles. The average molecular weight is 270 g/mol. The predicted molar refractivity (Wildman–Crippen MR) is 75.3 cm³/mol. The van der Waals surface area contributed by atoms with Crippen LogP contribution in [-0.4, -0.2) is 16.6 Å². The fourth-order valence-corrected chi connectivity index (χ4v) is 2.03. The maximum Gasteiger partial charge on any atom is 0.329 e. The summed E-state index contributed by atoms with van der Waals surface area (Å²) in [6.45, 7) is 3.81. The van der Waals surface area contributed by atoms with Crippen LogP contribution in [0.5, 0.6) is 0 Å². The van der Waals surface area contributed by atoms with Gasteiger partial charge in [0.25, 0.3) is 0 Å². The van der Waals surface area contributed by atoms with Crippen molar-refractivity contribution in [2.45, 2.75) is 45.1 Å². The Kier molecular flexibility index (Phi) is 5.48. The summed E-state index contributed by atoms with van der Waals surface area (Å²) in [6.07, 6.45) is 3.61. The molecule has 0 aromatic heterocycles. The highest BCUT2D eigenvalue weighted by molar-refractivity contribution is 6.30. The zero-order valence-corrected chi connectivity index (χ0v) is 11.6. The molecule has 2 N–H and O–H groups in total. The number of carbonyl (C=O) groups is 1. The number of aliphatic carboxylic acids is 1. The smallest absolute Gasteiger partial charge is 0.329 e. The van der Waals surface area contributed by atoms with Gasteiger partial charge in [0.15, 0.2) is 0 Å². The normalized spacial score (nSPS) is 13.9. The van der Waals surface area contributed by atoms with Crippen LogP contribution in [0.1, 0.15) is 39.5 Å². The van der Waals surface area contributed by atoms with Crippen molar-refractivity contribution in [1.82, 2.24) is 0 Å². The molecule has 0 spiro atoms. The molecule has 0 saturated heterocycles. The first-order valence-electron chi connectivity index (χ1n) is 6.25.